The third kappa shape index (κ3) is 3.29. The Kier molecular flexibility index (Phi) is 4.11. The summed E-state index contributed by atoms with van der Waals surface area (Å²) in [6.07, 6.45) is 0.0961. The van der Waals surface area contributed by atoms with Crippen LogP contribution in [-0.2, 0) is 9.53 Å². The molecule has 2 rings (SSSR count). The van der Waals surface area contributed by atoms with Crippen LogP contribution >= 0.6 is 0 Å². The highest BCUT2D eigenvalue weighted by molar-refractivity contribution is 6.55. The summed E-state index contributed by atoms with van der Waals surface area (Å²) in [7, 11) is 0. The number of ether oxygens (including phenoxy) is 1. The Morgan fingerprint density at radius 3 is 2.57 bits per heavy atom. The zero-order valence-electron chi connectivity index (χ0n) is 12.8. The smallest absolute Gasteiger partial charge is 0.434 e. The van der Waals surface area contributed by atoms with E-state index in [0.29, 0.717) is 12.1 Å². The molecule has 1 aromatic carbocycles. The van der Waals surface area contributed by atoms with Crippen LogP contribution in [0.1, 0.15) is 39.7 Å². The van der Waals surface area contributed by atoms with E-state index in [1.165, 1.54) is 0 Å². The number of hydrogen-bond donors (Lipinski definition) is 0. The van der Waals surface area contributed by atoms with E-state index in [1.54, 1.807) is 31.7 Å². The van der Waals surface area contributed by atoms with Crippen molar-refractivity contribution in [2.45, 2.75) is 39.7 Å². The van der Waals surface area contributed by atoms with Gasteiger partial charge in [-0.2, -0.15) is 4.99 Å². The molecule has 1 aliphatic heterocycles. The predicted molar refractivity (Wildman–Crippen MR) is 81.9 cm³/mol. The molecule has 2 amide bonds. The summed E-state index contributed by atoms with van der Waals surface area (Å²) >= 11 is 0. The van der Waals surface area contributed by atoms with E-state index in [1.807, 2.05) is 25.1 Å². The largest absolute Gasteiger partial charge is 0.442 e. The van der Waals surface area contributed by atoms with Gasteiger partial charge in [0.25, 0.3) is 5.91 Å². The average Bonchev–Trinajstić information content (AvgIpc) is 2.63. The number of amides is 2. The Labute approximate surface area is 124 Å². The Morgan fingerprint density at radius 1 is 1.29 bits per heavy atom. The van der Waals surface area contributed by atoms with Gasteiger partial charge in [0.1, 0.15) is 11.3 Å². The van der Waals surface area contributed by atoms with E-state index in [9.17, 15) is 9.59 Å². The first-order valence-corrected chi connectivity index (χ1v) is 7.06. The molecule has 0 atom stereocenters. The first kappa shape index (κ1) is 15.2. The molecule has 0 aromatic heterocycles. The van der Waals surface area contributed by atoms with Gasteiger partial charge in [-0.05, 0) is 33.3 Å². The maximum Gasteiger partial charge on any atom is 0.434 e. The highest BCUT2D eigenvalue weighted by Crippen LogP contribution is 2.29. The summed E-state index contributed by atoms with van der Waals surface area (Å²) in [6.45, 7) is 7.89. The van der Waals surface area contributed by atoms with Crippen molar-refractivity contribution in [3.8, 4) is 0 Å². The number of anilines is 1. The van der Waals surface area contributed by atoms with Gasteiger partial charge in [-0.15, -0.1) is 0 Å². The standard InChI is InChI=1S/C16H20N2O3/c1-5-10-18-12-9-7-6-8-11(12)13(14(18)19)17-15(20)21-16(2,3)4/h6-9H,5,10H2,1-4H3/b17-13+. The van der Waals surface area contributed by atoms with Crippen molar-refractivity contribution in [2.24, 2.45) is 4.99 Å². The Balaban J connectivity index is 2.36. The predicted octanol–water partition coefficient (Wildman–Crippen LogP) is 3.17. The molecule has 0 radical (unpaired) electrons. The lowest BCUT2D eigenvalue weighted by atomic mass is 10.1. The van der Waals surface area contributed by atoms with Crippen molar-refractivity contribution in [2.75, 3.05) is 11.4 Å². The summed E-state index contributed by atoms with van der Waals surface area (Å²) in [5.74, 6) is -0.246. The van der Waals surface area contributed by atoms with Gasteiger partial charge in [-0.3, -0.25) is 4.79 Å². The number of aliphatic imine (C=N–C) groups is 1. The summed E-state index contributed by atoms with van der Waals surface area (Å²) < 4.78 is 5.16. The van der Waals surface area contributed by atoms with E-state index in [0.717, 1.165) is 12.1 Å². The van der Waals surface area contributed by atoms with Crippen molar-refractivity contribution >= 4 is 23.4 Å². The maximum absolute atomic E-state index is 12.4. The summed E-state index contributed by atoms with van der Waals surface area (Å²) in [5.41, 5.74) is 1.01. The van der Waals surface area contributed by atoms with Crippen LogP contribution in [0.2, 0.25) is 0 Å². The van der Waals surface area contributed by atoms with Gasteiger partial charge in [-0.25, -0.2) is 4.79 Å². The van der Waals surface area contributed by atoms with E-state index in [-0.39, 0.29) is 11.6 Å². The van der Waals surface area contributed by atoms with Gasteiger partial charge in [0.05, 0.1) is 5.69 Å². The topological polar surface area (TPSA) is 59.0 Å². The molecule has 0 spiro atoms. The van der Waals surface area contributed by atoms with Crippen LogP contribution in [0.3, 0.4) is 0 Å². The fourth-order valence-electron chi connectivity index (χ4n) is 2.19. The van der Waals surface area contributed by atoms with Crippen molar-refractivity contribution < 1.29 is 14.3 Å². The molecule has 0 bridgehead atoms. The molecule has 0 unspecified atom stereocenters. The fraction of sp³-hybridized carbons (Fsp3) is 0.438. The average molecular weight is 288 g/mol. The molecule has 5 heteroatoms. The number of fused-ring (bicyclic) bond motifs is 1. The molecule has 5 nitrogen and oxygen atoms in total. The van der Waals surface area contributed by atoms with Gasteiger partial charge < -0.3 is 9.64 Å². The normalized spacial score (nSPS) is 16.3. The molecular weight excluding hydrogens is 268 g/mol. The summed E-state index contributed by atoms with van der Waals surface area (Å²) in [6, 6.07) is 7.35. The lowest BCUT2D eigenvalue weighted by molar-refractivity contribution is -0.112. The number of hydrogen-bond acceptors (Lipinski definition) is 3. The van der Waals surface area contributed by atoms with Gasteiger partial charge in [-0.1, -0.05) is 25.1 Å². The van der Waals surface area contributed by atoms with Crippen molar-refractivity contribution in [1.82, 2.24) is 0 Å². The van der Waals surface area contributed by atoms with Gasteiger partial charge >= 0.3 is 6.09 Å². The molecule has 0 fully saturated rings. The molecule has 0 N–H and O–H groups in total. The van der Waals surface area contributed by atoms with Crippen LogP contribution in [0, 0.1) is 0 Å². The van der Waals surface area contributed by atoms with Crippen LogP contribution < -0.4 is 4.90 Å². The van der Waals surface area contributed by atoms with Crippen molar-refractivity contribution in [1.29, 1.82) is 0 Å². The molecule has 0 saturated heterocycles. The second kappa shape index (κ2) is 5.68. The Bertz CT molecular complexity index is 600. The molecule has 1 heterocycles. The first-order valence-electron chi connectivity index (χ1n) is 7.06. The number of benzene rings is 1. The van der Waals surface area contributed by atoms with Crippen LogP contribution in [-0.4, -0.2) is 29.9 Å². The van der Waals surface area contributed by atoms with E-state index < -0.39 is 11.7 Å². The summed E-state index contributed by atoms with van der Waals surface area (Å²) in [4.78, 5) is 29.8. The molecule has 112 valence electrons. The second-order valence-electron chi connectivity index (χ2n) is 5.91. The third-order valence-corrected chi connectivity index (χ3v) is 2.94. The number of carbonyl (C=O) groups excluding carboxylic acids is 2. The Hall–Kier alpha value is -2.17. The quantitative estimate of drug-likeness (QED) is 0.839. The molecule has 0 saturated carbocycles. The monoisotopic (exact) mass is 288 g/mol. The van der Waals surface area contributed by atoms with Crippen LogP contribution in [0.25, 0.3) is 0 Å². The number of rotatable bonds is 2. The fourth-order valence-corrected chi connectivity index (χ4v) is 2.19. The van der Waals surface area contributed by atoms with Crippen molar-refractivity contribution in [3.63, 3.8) is 0 Å². The second-order valence-corrected chi connectivity index (χ2v) is 5.91. The molecule has 1 aliphatic rings. The van der Waals surface area contributed by atoms with Crippen molar-refractivity contribution in [3.05, 3.63) is 29.8 Å². The minimum atomic E-state index is -0.737. The molecule has 1 aromatic rings. The number of carbonyl (C=O) groups is 2. The maximum atomic E-state index is 12.4. The highest BCUT2D eigenvalue weighted by Gasteiger charge is 2.34. The van der Waals surface area contributed by atoms with Gasteiger partial charge in [0.2, 0.25) is 0 Å². The first-order chi connectivity index (χ1) is 9.83. The van der Waals surface area contributed by atoms with Crippen LogP contribution in [0.5, 0.6) is 0 Å². The molecular formula is C16H20N2O3. The molecule has 21 heavy (non-hydrogen) atoms. The number of para-hydroxylation sites is 1. The van der Waals surface area contributed by atoms with Crippen LogP contribution in [0.15, 0.2) is 29.3 Å². The summed E-state index contributed by atoms with van der Waals surface area (Å²) in [5, 5.41) is 0. The zero-order valence-corrected chi connectivity index (χ0v) is 12.8. The van der Waals surface area contributed by atoms with Crippen LogP contribution in [0.4, 0.5) is 10.5 Å². The lowest BCUT2D eigenvalue weighted by Crippen LogP contribution is -2.31. The van der Waals surface area contributed by atoms with E-state index in [4.69, 9.17) is 4.74 Å². The highest BCUT2D eigenvalue weighted by atomic mass is 16.6. The minimum absolute atomic E-state index is 0.160. The SMILES string of the molecule is CCCN1C(=O)/C(=N/C(=O)OC(C)(C)C)c2ccccc21. The zero-order chi connectivity index (χ0) is 15.6. The van der Waals surface area contributed by atoms with E-state index in [2.05, 4.69) is 4.99 Å². The minimum Gasteiger partial charge on any atom is -0.442 e. The Morgan fingerprint density at radius 2 is 1.95 bits per heavy atom. The van der Waals surface area contributed by atoms with Gasteiger partial charge in [0, 0.05) is 12.1 Å². The van der Waals surface area contributed by atoms with Gasteiger partial charge in [0.15, 0.2) is 0 Å². The lowest BCUT2D eigenvalue weighted by Gasteiger charge is -2.17. The van der Waals surface area contributed by atoms with E-state index >= 15 is 0 Å². The number of nitrogens with zero attached hydrogens (tertiary/aromatic N) is 2. The third-order valence-electron chi connectivity index (χ3n) is 2.94. The molecule has 0 aliphatic carbocycles.